The van der Waals surface area contributed by atoms with E-state index in [-0.39, 0.29) is 0 Å². The van der Waals surface area contributed by atoms with Crippen LogP contribution in [0.2, 0.25) is 0 Å². The quantitative estimate of drug-likeness (QED) is 0.854. The van der Waals surface area contributed by atoms with Crippen molar-refractivity contribution in [3.05, 3.63) is 29.3 Å². The molecule has 19 heavy (non-hydrogen) atoms. The van der Waals surface area contributed by atoms with Crippen molar-refractivity contribution in [1.29, 1.82) is 0 Å². The number of aliphatic hydroxyl groups is 1. The minimum absolute atomic E-state index is 0.599. The monoisotopic (exact) mass is 276 g/mol. The Hall–Kier alpha value is -0.670. The van der Waals surface area contributed by atoms with Gasteiger partial charge in [-0.05, 0) is 48.9 Å². The van der Waals surface area contributed by atoms with Gasteiger partial charge in [0.25, 0.3) is 0 Å². The molecule has 3 heterocycles. The van der Waals surface area contributed by atoms with E-state index in [0.29, 0.717) is 10.5 Å². The number of rotatable bonds is 1. The van der Waals surface area contributed by atoms with Crippen LogP contribution in [0.15, 0.2) is 18.2 Å². The molecule has 0 saturated carbocycles. The molecule has 3 aliphatic rings. The first-order chi connectivity index (χ1) is 9.23. The van der Waals surface area contributed by atoms with Crippen LogP contribution in [0.5, 0.6) is 5.75 Å². The Balaban J connectivity index is 1.67. The Kier molecular flexibility index (Phi) is 2.82. The Labute approximate surface area is 118 Å². The highest BCUT2D eigenvalue weighted by Gasteiger charge is 2.42. The maximum atomic E-state index is 11.1. The second-order valence-corrected chi connectivity index (χ2v) is 7.78. The molecular weight excluding hydrogens is 256 g/mol. The average molecular weight is 276 g/mol. The molecule has 1 aromatic rings. The van der Waals surface area contributed by atoms with Gasteiger partial charge in [-0.3, -0.25) is 0 Å². The number of fused-ring (bicyclic) bond motifs is 3. The second kappa shape index (κ2) is 4.42. The molecule has 0 amide bonds. The lowest BCUT2D eigenvalue weighted by molar-refractivity contribution is 0.00807. The zero-order valence-electron chi connectivity index (χ0n) is 11.1. The zero-order chi connectivity index (χ0) is 12.9. The van der Waals surface area contributed by atoms with E-state index >= 15 is 0 Å². The summed E-state index contributed by atoms with van der Waals surface area (Å²) in [5.74, 6) is 1.01. The lowest BCUT2D eigenvalue weighted by atomic mass is 9.80. The number of hydrogen-bond acceptors (Lipinski definition) is 3. The van der Waals surface area contributed by atoms with Gasteiger partial charge in [-0.1, -0.05) is 12.5 Å². The normalized spacial score (nSPS) is 36.7. The van der Waals surface area contributed by atoms with Crippen LogP contribution in [-0.2, 0) is 12.0 Å². The van der Waals surface area contributed by atoms with E-state index in [1.807, 2.05) is 6.07 Å². The van der Waals surface area contributed by atoms with Gasteiger partial charge in [0.15, 0.2) is 0 Å². The first-order valence-corrected chi connectivity index (χ1v) is 8.31. The minimum Gasteiger partial charge on any atom is -0.493 e. The van der Waals surface area contributed by atoms with Crippen molar-refractivity contribution in [3.8, 4) is 5.75 Å². The van der Waals surface area contributed by atoms with Crippen molar-refractivity contribution in [2.24, 2.45) is 0 Å². The van der Waals surface area contributed by atoms with Crippen LogP contribution in [-0.4, -0.2) is 22.2 Å². The molecule has 2 fully saturated rings. The lowest BCUT2D eigenvalue weighted by Crippen LogP contribution is -2.40. The minimum atomic E-state index is -0.599. The molecule has 2 atom stereocenters. The SMILES string of the molecule is OC1(c2ccc3c(c2)CCO3)CC2CCCC(C1)S2. The first kappa shape index (κ1) is 12.1. The molecule has 1 aromatic carbocycles. The molecule has 2 nitrogen and oxygen atoms in total. The molecule has 3 aliphatic heterocycles. The van der Waals surface area contributed by atoms with Gasteiger partial charge in [-0.25, -0.2) is 0 Å². The van der Waals surface area contributed by atoms with Gasteiger partial charge in [-0.15, -0.1) is 0 Å². The molecule has 0 spiro atoms. The van der Waals surface area contributed by atoms with Gasteiger partial charge < -0.3 is 9.84 Å². The number of thioether (sulfide) groups is 1. The summed E-state index contributed by atoms with van der Waals surface area (Å²) in [5.41, 5.74) is 1.79. The fourth-order valence-electron chi connectivity index (χ4n) is 3.83. The van der Waals surface area contributed by atoms with Crippen molar-refractivity contribution in [2.45, 2.75) is 54.6 Å². The van der Waals surface area contributed by atoms with E-state index < -0.39 is 5.60 Å². The summed E-state index contributed by atoms with van der Waals surface area (Å²) in [4.78, 5) is 0. The predicted octanol–water partition coefficient (Wildman–Crippen LogP) is 3.26. The van der Waals surface area contributed by atoms with Crippen LogP contribution in [0.3, 0.4) is 0 Å². The van der Waals surface area contributed by atoms with E-state index in [2.05, 4.69) is 23.9 Å². The smallest absolute Gasteiger partial charge is 0.122 e. The third kappa shape index (κ3) is 2.07. The molecule has 2 unspecified atom stereocenters. The van der Waals surface area contributed by atoms with Gasteiger partial charge in [0.1, 0.15) is 5.75 Å². The highest BCUT2D eigenvalue weighted by Crippen LogP contribution is 2.49. The Bertz CT molecular complexity index is 488. The van der Waals surface area contributed by atoms with Crippen molar-refractivity contribution >= 4 is 11.8 Å². The third-order valence-corrected chi connectivity index (χ3v) is 6.37. The third-order valence-electron chi connectivity index (χ3n) is 4.79. The first-order valence-electron chi connectivity index (χ1n) is 7.37. The fraction of sp³-hybridized carbons (Fsp3) is 0.625. The Morgan fingerprint density at radius 1 is 1.21 bits per heavy atom. The average Bonchev–Trinajstić information content (AvgIpc) is 2.85. The van der Waals surface area contributed by atoms with Gasteiger partial charge in [0.05, 0.1) is 12.2 Å². The van der Waals surface area contributed by atoms with Gasteiger partial charge in [0.2, 0.25) is 0 Å². The van der Waals surface area contributed by atoms with E-state index in [9.17, 15) is 5.11 Å². The molecule has 0 aliphatic carbocycles. The molecule has 2 bridgehead atoms. The van der Waals surface area contributed by atoms with Gasteiger partial charge in [0, 0.05) is 16.9 Å². The topological polar surface area (TPSA) is 29.5 Å². The fourth-order valence-corrected chi connectivity index (χ4v) is 5.72. The summed E-state index contributed by atoms with van der Waals surface area (Å²) < 4.78 is 5.56. The van der Waals surface area contributed by atoms with Crippen molar-refractivity contribution in [3.63, 3.8) is 0 Å². The summed E-state index contributed by atoms with van der Waals surface area (Å²) in [5, 5.41) is 12.4. The summed E-state index contributed by atoms with van der Waals surface area (Å²) in [6.45, 7) is 0.790. The standard InChI is InChI=1S/C16H20O2S/c17-16(9-13-2-1-3-14(10-16)19-13)12-4-5-15-11(8-12)6-7-18-15/h4-5,8,13-14,17H,1-3,6-7,9-10H2. The van der Waals surface area contributed by atoms with Crippen LogP contribution in [0.1, 0.15) is 43.2 Å². The molecule has 0 aromatic heterocycles. The molecule has 1 N–H and O–H groups in total. The maximum absolute atomic E-state index is 11.1. The van der Waals surface area contributed by atoms with Gasteiger partial charge in [-0.2, -0.15) is 11.8 Å². The van der Waals surface area contributed by atoms with Crippen LogP contribution in [0, 0.1) is 0 Å². The molecule has 2 saturated heterocycles. The van der Waals surface area contributed by atoms with E-state index in [1.165, 1.54) is 24.8 Å². The summed E-state index contributed by atoms with van der Waals surface area (Å²) in [6, 6.07) is 6.32. The van der Waals surface area contributed by atoms with Crippen LogP contribution in [0.4, 0.5) is 0 Å². The van der Waals surface area contributed by atoms with E-state index in [0.717, 1.165) is 37.2 Å². The number of benzene rings is 1. The highest BCUT2D eigenvalue weighted by atomic mass is 32.2. The Morgan fingerprint density at radius 2 is 2.00 bits per heavy atom. The maximum Gasteiger partial charge on any atom is 0.122 e. The van der Waals surface area contributed by atoms with E-state index in [1.54, 1.807) is 0 Å². The van der Waals surface area contributed by atoms with Crippen LogP contribution < -0.4 is 4.74 Å². The zero-order valence-corrected chi connectivity index (χ0v) is 11.9. The van der Waals surface area contributed by atoms with Crippen molar-refractivity contribution in [2.75, 3.05) is 6.61 Å². The number of hydrogen-bond donors (Lipinski definition) is 1. The van der Waals surface area contributed by atoms with Crippen LogP contribution >= 0.6 is 11.8 Å². The molecule has 102 valence electrons. The molecular formula is C16H20O2S. The lowest BCUT2D eigenvalue weighted by Gasteiger charge is -2.44. The predicted molar refractivity (Wildman–Crippen MR) is 77.8 cm³/mol. The van der Waals surface area contributed by atoms with Crippen molar-refractivity contribution < 1.29 is 9.84 Å². The van der Waals surface area contributed by atoms with Gasteiger partial charge >= 0.3 is 0 Å². The van der Waals surface area contributed by atoms with Crippen LogP contribution in [0.25, 0.3) is 0 Å². The molecule has 4 rings (SSSR count). The molecule has 3 heteroatoms. The summed E-state index contributed by atoms with van der Waals surface area (Å²) in [6.07, 6.45) is 6.73. The molecule has 0 radical (unpaired) electrons. The number of ether oxygens (including phenoxy) is 1. The van der Waals surface area contributed by atoms with E-state index in [4.69, 9.17) is 4.74 Å². The largest absolute Gasteiger partial charge is 0.493 e. The van der Waals surface area contributed by atoms with Crippen molar-refractivity contribution in [1.82, 2.24) is 0 Å². The Morgan fingerprint density at radius 3 is 2.79 bits per heavy atom. The highest BCUT2D eigenvalue weighted by molar-refractivity contribution is 8.00. The second-order valence-electron chi connectivity index (χ2n) is 6.17. The summed E-state index contributed by atoms with van der Waals surface area (Å²) >= 11 is 2.11. The summed E-state index contributed by atoms with van der Waals surface area (Å²) in [7, 11) is 0.